The quantitative estimate of drug-likeness (QED) is 0.222. The summed E-state index contributed by atoms with van der Waals surface area (Å²) in [5.41, 5.74) is 1.65. The number of carbonyl (C=O) groups excluding carboxylic acids is 1. The van der Waals surface area contributed by atoms with Crippen LogP contribution in [0.25, 0.3) is 11.1 Å². The van der Waals surface area contributed by atoms with Crippen molar-refractivity contribution in [1.29, 1.82) is 0 Å². The molecule has 0 saturated carbocycles. The highest BCUT2D eigenvalue weighted by Crippen LogP contribution is 2.38. The van der Waals surface area contributed by atoms with Gasteiger partial charge in [0.2, 0.25) is 5.91 Å². The van der Waals surface area contributed by atoms with Crippen LogP contribution in [0.3, 0.4) is 0 Å². The number of hydrogen-bond acceptors (Lipinski definition) is 5. The summed E-state index contributed by atoms with van der Waals surface area (Å²) in [4.78, 5) is 24.9. The first-order valence-electron chi connectivity index (χ1n) is 13.0. The van der Waals surface area contributed by atoms with E-state index in [0.717, 1.165) is 38.7 Å². The number of thioether (sulfide) groups is 1. The number of alkyl halides is 3. The predicted octanol–water partition coefficient (Wildman–Crippen LogP) is 5.99. The molecule has 0 aromatic heterocycles. The van der Waals surface area contributed by atoms with E-state index in [-0.39, 0.29) is 29.2 Å². The van der Waals surface area contributed by atoms with Gasteiger partial charge < -0.3 is 10.4 Å². The van der Waals surface area contributed by atoms with Crippen LogP contribution < -0.4 is 9.62 Å². The van der Waals surface area contributed by atoms with Gasteiger partial charge in [-0.25, -0.2) is 8.42 Å². The summed E-state index contributed by atoms with van der Waals surface area (Å²) in [7, 11) is -4.25. The molecule has 0 saturated heterocycles. The molecule has 0 fully saturated rings. The second kappa shape index (κ2) is 12.1. The highest BCUT2D eigenvalue weighted by atomic mass is 32.2. The molecule has 4 aromatic carbocycles. The normalized spacial score (nSPS) is 14.8. The lowest BCUT2D eigenvalue weighted by Crippen LogP contribution is -2.47. The molecule has 1 amide bonds. The highest BCUT2D eigenvalue weighted by molar-refractivity contribution is 8.00. The smallest absolute Gasteiger partial charge is 0.416 e. The van der Waals surface area contributed by atoms with Gasteiger partial charge in [0.1, 0.15) is 6.04 Å². The van der Waals surface area contributed by atoms with Crippen LogP contribution in [0.5, 0.6) is 0 Å². The number of para-hydroxylation sites is 1. The van der Waals surface area contributed by atoms with E-state index in [0.29, 0.717) is 16.8 Å². The summed E-state index contributed by atoms with van der Waals surface area (Å²) < 4.78 is 68.5. The first-order chi connectivity index (χ1) is 20.4. The number of nitrogens with zero attached hydrogens (tertiary/aromatic N) is 1. The van der Waals surface area contributed by atoms with E-state index < -0.39 is 39.7 Å². The van der Waals surface area contributed by atoms with Crippen LogP contribution in [-0.2, 0) is 38.8 Å². The average Bonchev–Trinajstić information content (AvgIpc) is 3.40. The van der Waals surface area contributed by atoms with Crippen LogP contribution in [0, 0.1) is 0 Å². The van der Waals surface area contributed by atoms with Crippen LogP contribution in [0.4, 0.5) is 18.9 Å². The van der Waals surface area contributed by atoms with Gasteiger partial charge in [0.25, 0.3) is 10.0 Å². The molecule has 2 N–H and O–H groups in total. The zero-order chi connectivity index (χ0) is 30.8. The molecule has 7 nitrogen and oxygen atoms in total. The number of benzene rings is 4. The van der Waals surface area contributed by atoms with Gasteiger partial charge in [0.15, 0.2) is 0 Å². The Hall–Kier alpha value is -4.29. The molecular weight excluding hydrogens is 601 g/mol. The third kappa shape index (κ3) is 6.70. The minimum atomic E-state index is -4.51. The molecule has 1 heterocycles. The fourth-order valence-corrected chi connectivity index (χ4v) is 7.21. The van der Waals surface area contributed by atoms with Crippen molar-refractivity contribution in [2.75, 3.05) is 10.1 Å². The summed E-state index contributed by atoms with van der Waals surface area (Å²) in [5.74, 6) is -1.57. The molecule has 5 rings (SSSR count). The molecule has 1 aliphatic heterocycles. The van der Waals surface area contributed by atoms with Crippen molar-refractivity contribution in [3.8, 4) is 11.1 Å². The monoisotopic (exact) mass is 626 g/mol. The Balaban J connectivity index is 1.38. The van der Waals surface area contributed by atoms with E-state index in [1.807, 2.05) is 0 Å². The van der Waals surface area contributed by atoms with Crippen molar-refractivity contribution < 1.29 is 36.3 Å². The molecule has 222 valence electrons. The Morgan fingerprint density at radius 3 is 2.35 bits per heavy atom. The SMILES string of the molecule is O=C(O)CSc1cccc(CNC(=O)[C@@H]2Cc3ccccc3N2S(=O)(=O)c2ccc(-c3cccc(C(F)(F)F)c3)cc2)c1. The third-order valence-electron chi connectivity index (χ3n) is 6.89. The van der Waals surface area contributed by atoms with Crippen LogP contribution in [-0.4, -0.2) is 37.2 Å². The number of amides is 1. The van der Waals surface area contributed by atoms with Crippen molar-refractivity contribution in [1.82, 2.24) is 5.32 Å². The van der Waals surface area contributed by atoms with Crippen LogP contribution in [0.1, 0.15) is 16.7 Å². The van der Waals surface area contributed by atoms with Crippen molar-refractivity contribution >= 4 is 39.3 Å². The third-order valence-corrected chi connectivity index (χ3v) is 9.71. The van der Waals surface area contributed by atoms with Crippen molar-refractivity contribution in [2.24, 2.45) is 0 Å². The number of carbonyl (C=O) groups is 2. The molecule has 1 aliphatic rings. The Labute approximate surface area is 250 Å². The summed E-state index contributed by atoms with van der Waals surface area (Å²) in [6.07, 6.45) is -4.36. The molecule has 0 radical (unpaired) electrons. The summed E-state index contributed by atoms with van der Waals surface area (Å²) in [6, 6.07) is 23.1. The molecular formula is C31H25F3N2O5S2. The number of anilines is 1. The fourth-order valence-electron chi connectivity index (χ4n) is 4.86. The number of rotatable bonds is 9. The molecule has 0 bridgehead atoms. The van der Waals surface area contributed by atoms with Crippen molar-refractivity contribution in [2.45, 2.75) is 35.0 Å². The molecule has 1 atom stereocenters. The molecule has 4 aromatic rings. The lowest BCUT2D eigenvalue weighted by Gasteiger charge is -2.26. The zero-order valence-electron chi connectivity index (χ0n) is 22.4. The first kappa shape index (κ1) is 30.2. The summed E-state index contributed by atoms with van der Waals surface area (Å²) in [6.45, 7) is 0.104. The lowest BCUT2D eigenvalue weighted by molar-refractivity contribution is -0.137. The standard InChI is InChI=1S/C31H25F3N2O5S2/c32-31(33,34)24-8-4-7-22(16-24)21-11-13-26(14-12-21)43(40,41)36-27-10-2-1-6-23(27)17-28(36)30(39)35-18-20-5-3-9-25(15-20)42-19-29(37)38/h1-16,28H,17-19H2,(H,35,39)(H,37,38)/t28-/m0/s1. The average molecular weight is 627 g/mol. The fraction of sp³-hybridized carbons (Fsp3) is 0.161. The Morgan fingerprint density at radius 1 is 0.907 bits per heavy atom. The Bertz CT molecular complexity index is 1780. The van der Waals surface area contributed by atoms with E-state index in [4.69, 9.17) is 5.11 Å². The van der Waals surface area contributed by atoms with Gasteiger partial charge >= 0.3 is 12.1 Å². The topological polar surface area (TPSA) is 104 Å². The molecule has 12 heteroatoms. The second-order valence-corrected chi connectivity index (χ2v) is 12.7. The number of carboxylic acids is 1. The maximum atomic E-state index is 13.9. The summed E-state index contributed by atoms with van der Waals surface area (Å²) >= 11 is 1.15. The zero-order valence-corrected chi connectivity index (χ0v) is 24.0. The lowest BCUT2D eigenvalue weighted by atomic mass is 10.0. The number of nitrogens with one attached hydrogen (secondary N) is 1. The van der Waals surface area contributed by atoms with Gasteiger partial charge in [-0.05, 0) is 64.7 Å². The largest absolute Gasteiger partial charge is 0.481 e. The Kier molecular flexibility index (Phi) is 8.52. The van der Waals surface area contributed by atoms with E-state index in [9.17, 15) is 31.2 Å². The number of hydrogen-bond donors (Lipinski definition) is 2. The van der Waals surface area contributed by atoms with Gasteiger partial charge in [-0.2, -0.15) is 13.2 Å². The maximum absolute atomic E-state index is 13.9. The predicted molar refractivity (Wildman–Crippen MR) is 157 cm³/mol. The van der Waals surface area contributed by atoms with E-state index in [2.05, 4.69) is 5.32 Å². The van der Waals surface area contributed by atoms with Gasteiger partial charge in [-0.15, -0.1) is 11.8 Å². The highest BCUT2D eigenvalue weighted by Gasteiger charge is 2.42. The van der Waals surface area contributed by atoms with Gasteiger partial charge in [-0.1, -0.05) is 54.6 Å². The number of aliphatic carboxylic acids is 1. The van der Waals surface area contributed by atoms with E-state index >= 15 is 0 Å². The molecule has 0 aliphatic carbocycles. The van der Waals surface area contributed by atoms with Crippen LogP contribution >= 0.6 is 11.8 Å². The number of fused-ring (bicyclic) bond motifs is 1. The Morgan fingerprint density at radius 2 is 1.63 bits per heavy atom. The van der Waals surface area contributed by atoms with Crippen LogP contribution in [0.2, 0.25) is 0 Å². The van der Waals surface area contributed by atoms with Gasteiger partial charge in [0.05, 0.1) is 21.9 Å². The van der Waals surface area contributed by atoms with Crippen LogP contribution in [0.15, 0.2) is 107 Å². The number of halogens is 3. The summed E-state index contributed by atoms with van der Waals surface area (Å²) in [5, 5.41) is 11.7. The second-order valence-electron chi connectivity index (χ2n) is 9.80. The van der Waals surface area contributed by atoms with Crippen molar-refractivity contribution in [3.05, 3.63) is 114 Å². The molecule has 0 unspecified atom stereocenters. The molecule has 43 heavy (non-hydrogen) atoms. The minimum absolute atomic E-state index is 0.104. The van der Waals surface area contributed by atoms with Crippen molar-refractivity contribution in [3.63, 3.8) is 0 Å². The van der Waals surface area contributed by atoms with Gasteiger partial charge in [0, 0.05) is 17.9 Å². The first-order valence-corrected chi connectivity index (χ1v) is 15.5. The van der Waals surface area contributed by atoms with E-state index in [1.54, 1.807) is 48.5 Å². The van der Waals surface area contributed by atoms with Gasteiger partial charge in [-0.3, -0.25) is 13.9 Å². The number of carboxylic acid groups (broad SMARTS) is 1. The molecule has 0 spiro atoms. The van der Waals surface area contributed by atoms with E-state index in [1.165, 1.54) is 36.4 Å². The number of sulfonamides is 1. The minimum Gasteiger partial charge on any atom is -0.481 e. The maximum Gasteiger partial charge on any atom is 0.416 e.